The molecule has 4 rings (SSSR count). The Hall–Kier alpha value is -2.28. The molecule has 23 heavy (non-hydrogen) atoms. The number of fused-ring (bicyclic) bond motifs is 1. The number of aryl methyl sites for hydroxylation is 1. The molecule has 0 bridgehead atoms. The third-order valence-corrected chi connectivity index (χ3v) is 4.97. The minimum absolute atomic E-state index is 0.699. The van der Waals surface area contributed by atoms with Crippen molar-refractivity contribution in [2.45, 2.75) is 18.1 Å². The second kappa shape index (κ2) is 5.73. The fourth-order valence-electron chi connectivity index (χ4n) is 2.40. The first-order chi connectivity index (χ1) is 11.3. The van der Waals surface area contributed by atoms with Crippen molar-refractivity contribution in [2.24, 2.45) is 7.05 Å². The third-order valence-electron chi connectivity index (χ3n) is 3.85. The van der Waals surface area contributed by atoms with Gasteiger partial charge in [0.05, 0.1) is 7.11 Å². The summed E-state index contributed by atoms with van der Waals surface area (Å²) < 4.78 is 10.5. The Bertz CT molecular complexity index is 842. The van der Waals surface area contributed by atoms with E-state index < -0.39 is 0 Å². The molecule has 2 aromatic heterocycles. The number of hydrogen-bond donors (Lipinski definition) is 1. The van der Waals surface area contributed by atoms with Gasteiger partial charge in [-0.3, -0.25) is 0 Å². The van der Waals surface area contributed by atoms with Crippen LogP contribution in [0.3, 0.4) is 0 Å². The molecule has 118 valence electrons. The first-order valence-corrected chi connectivity index (χ1v) is 8.37. The lowest BCUT2D eigenvalue weighted by atomic mass is 10.2. The third kappa shape index (κ3) is 2.72. The molecule has 0 aliphatic heterocycles. The van der Waals surface area contributed by atoms with Crippen molar-refractivity contribution in [3.05, 3.63) is 30.6 Å². The zero-order chi connectivity index (χ0) is 15.8. The molecule has 0 unspecified atom stereocenters. The summed E-state index contributed by atoms with van der Waals surface area (Å²) in [7, 11) is 3.63. The van der Waals surface area contributed by atoms with Gasteiger partial charge in [-0.05, 0) is 49.1 Å². The lowest BCUT2D eigenvalue weighted by molar-refractivity contribution is 0.415. The smallest absolute Gasteiger partial charge is 0.167 e. The lowest BCUT2D eigenvalue weighted by Crippen LogP contribution is -1.96. The van der Waals surface area contributed by atoms with Gasteiger partial charge >= 0.3 is 0 Å². The second-order valence-corrected chi connectivity index (χ2v) is 6.64. The van der Waals surface area contributed by atoms with Crippen molar-refractivity contribution in [3.8, 4) is 17.1 Å². The number of benzene rings is 1. The van der Waals surface area contributed by atoms with Gasteiger partial charge < -0.3 is 14.0 Å². The van der Waals surface area contributed by atoms with Gasteiger partial charge in [-0.15, -0.1) is 0 Å². The molecule has 1 aliphatic carbocycles. The number of rotatable bonds is 5. The van der Waals surface area contributed by atoms with E-state index in [1.165, 1.54) is 12.8 Å². The van der Waals surface area contributed by atoms with E-state index in [0.29, 0.717) is 5.25 Å². The highest BCUT2D eigenvalue weighted by Crippen LogP contribution is 2.35. The fraction of sp³-hybridized carbons (Fsp3) is 0.312. The number of imidazole rings is 1. The Morgan fingerprint density at radius 1 is 1.22 bits per heavy atom. The summed E-state index contributed by atoms with van der Waals surface area (Å²) >= 11 is 1.72. The zero-order valence-corrected chi connectivity index (χ0v) is 13.8. The molecule has 1 N–H and O–H groups in total. The molecule has 1 saturated carbocycles. The van der Waals surface area contributed by atoms with E-state index in [1.807, 2.05) is 35.9 Å². The number of ether oxygens (including phenoxy) is 1. The molecular weight excluding hydrogens is 310 g/mol. The quantitative estimate of drug-likeness (QED) is 0.726. The van der Waals surface area contributed by atoms with Crippen LogP contribution in [0.2, 0.25) is 0 Å². The van der Waals surface area contributed by atoms with Gasteiger partial charge in [0.2, 0.25) is 0 Å². The standard InChI is InChI=1S/C16H17N5OS/c1-21-15(10-3-5-11(22-2)6-4-10)19-13-14(17-9-18-16(13)21)20-23-12-7-8-12/h3-6,9,12H,7-8H2,1-2H3,(H,17,18,20). The van der Waals surface area contributed by atoms with Crippen molar-refractivity contribution in [1.29, 1.82) is 0 Å². The maximum absolute atomic E-state index is 5.21. The van der Waals surface area contributed by atoms with Gasteiger partial charge in [0, 0.05) is 17.9 Å². The van der Waals surface area contributed by atoms with Crippen LogP contribution >= 0.6 is 11.9 Å². The summed E-state index contributed by atoms with van der Waals surface area (Å²) in [6.45, 7) is 0. The molecular formula is C16H17N5OS. The van der Waals surface area contributed by atoms with E-state index in [0.717, 1.165) is 34.1 Å². The summed E-state index contributed by atoms with van der Waals surface area (Å²) in [5, 5.41) is 0.699. The van der Waals surface area contributed by atoms with E-state index in [9.17, 15) is 0 Å². The molecule has 6 nitrogen and oxygen atoms in total. The molecule has 1 fully saturated rings. The summed E-state index contributed by atoms with van der Waals surface area (Å²) in [5.41, 5.74) is 2.64. The van der Waals surface area contributed by atoms with Crippen LogP contribution < -0.4 is 9.46 Å². The number of hydrogen-bond acceptors (Lipinski definition) is 6. The average Bonchev–Trinajstić information content (AvgIpc) is 3.36. The minimum Gasteiger partial charge on any atom is -0.497 e. The Morgan fingerprint density at radius 2 is 2.00 bits per heavy atom. The van der Waals surface area contributed by atoms with E-state index in [2.05, 4.69) is 14.7 Å². The van der Waals surface area contributed by atoms with Gasteiger partial charge in [-0.1, -0.05) is 0 Å². The fourth-order valence-corrected chi connectivity index (χ4v) is 3.20. The van der Waals surface area contributed by atoms with Gasteiger partial charge in [0.1, 0.15) is 17.9 Å². The second-order valence-electron chi connectivity index (χ2n) is 5.54. The summed E-state index contributed by atoms with van der Waals surface area (Å²) in [6, 6.07) is 7.87. The molecule has 0 amide bonds. The SMILES string of the molecule is COc1ccc(-c2nc3c(NSC4CC4)ncnc3n2C)cc1. The highest BCUT2D eigenvalue weighted by Gasteiger charge is 2.23. The molecule has 1 aliphatic rings. The Morgan fingerprint density at radius 3 is 2.70 bits per heavy atom. The first kappa shape index (κ1) is 14.3. The monoisotopic (exact) mass is 327 g/mol. The van der Waals surface area contributed by atoms with Gasteiger partial charge in [-0.2, -0.15) is 0 Å². The van der Waals surface area contributed by atoms with Crippen molar-refractivity contribution in [2.75, 3.05) is 11.8 Å². The van der Waals surface area contributed by atoms with Gasteiger partial charge in [0.15, 0.2) is 17.0 Å². The van der Waals surface area contributed by atoms with Crippen molar-refractivity contribution >= 4 is 28.9 Å². The highest BCUT2D eigenvalue weighted by atomic mass is 32.2. The van der Waals surface area contributed by atoms with Crippen LogP contribution in [0.4, 0.5) is 5.82 Å². The summed E-state index contributed by atoms with van der Waals surface area (Å²) in [5.74, 6) is 2.47. The summed E-state index contributed by atoms with van der Waals surface area (Å²) in [4.78, 5) is 13.5. The van der Waals surface area contributed by atoms with E-state index in [4.69, 9.17) is 9.72 Å². The highest BCUT2D eigenvalue weighted by molar-refractivity contribution is 8.01. The molecule has 7 heteroatoms. The molecule has 2 heterocycles. The number of aromatic nitrogens is 4. The van der Waals surface area contributed by atoms with E-state index in [-0.39, 0.29) is 0 Å². The number of methoxy groups -OCH3 is 1. The molecule has 0 saturated heterocycles. The number of nitrogens with one attached hydrogen (secondary N) is 1. The maximum atomic E-state index is 5.21. The van der Waals surface area contributed by atoms with Crippen LogP contribution in [0.25, 0.3) is 22.6 Å². The zero-order valence-electron chi connectivity index (χ0n) is 13.0. The molecule has 0 radical (unpaired) electrons. The summed E-state index contributed by atoms with van der Waals surface area (Å²) in [6.07, 6.45) is 4.12. The van der Waals surface area contributed by atoms with Crippen LogP contribution in [-0.2, 0) is 7.05 Å². The Labute approximate surface area is 138 Å². The Balaban J connectivity index is 1.74. The molecule has 3 aromatic rings. The van der Waals surface area contributed by atoms with Crippen molar-refractivity contribution in [1.82, 2.24) is 19.5 Å². The topological polar surface area (TPSA) is 64.9 Å². The number of nitrogens with zero attached hydrogens (tertiary/aromatic N) is 4. The first-order valence-electron chi connectivity index (χ1n) is 7.50. The van der Waals surface area contributed by atoms with Crippen LogP contribution in [0, 0.1) is 0 Å². The largest absolute Gasteiger partial charge is 0.497 e. The Kier molecular flexibility index (Phi) is 3.57. The van der Waals surface area contributed by atoms with Gasteiger partial charge in [-0.25, -0.2) is 15.0 Å². The minimum atomic E-state index is 0.699. The van der Waals surface area contributed by atoms with Crippen LogP contribution in [0.15, 0.2) is 30.6 Å². The van der Waals surface area contributed by atoms with Crippen LogP contribution in [0.1, 0.15) is 12.8 Å². The predicted molar refractivity (Wildman–Crippen MR) is 92.5 cm³/mol. The predicted octanol–water partition coefficient (Wildman–Crippen LogP) is 3.26. The van der Waals surface area contributed by atoms with E-state index >= 15 is 0 Å². The maximum Gasteiger partial charge on any atom is 0.167 e. The van der Waals surface area contributed by atoms with Crippen molar-refractivity contribution < 1.29 is 4.74 Å². The lowest BCUT2D eigenvalue weighted by Gasteiger charge is -2.04. The van der Waals surface area contributed by atoms with Crippen LogP contribution in [0.5, 0.6) is 5.75 Å². The van der Waals surface area contributed by atoms with E-state index in [1.54, 1.807) is 25.4 Å². The normalized spacial score (nSPS) is 14.2. The molecule has 0 spiro atoms. The molecule has 1 aromatic carbocycles. The van der Waals surface area contributed by atoms with Gasteiger partial charge in [0.25, 0.3) is 0 Å². The van der Waals surface area contributed by atoms with Crippen molar-refractivity contribution in [3.63, 3.8) is 0 Å². The molecule has 0 atom stereocenters. The van der Waals surface area contributed by atoms with Crippen LogP contribution in [-0.4, -0.2) is 31.9 Å². The number of anilines is 1. The average molecular weight is 327 g/mol.